The number of hydrogen-bond acceptors (Lipinski definition) is 6. The fourth-order valence-corrected chi connectivity index (χ4v) is 3.99. The molecule has 0 atom stereocenters. The van der Waals surface area contributed by atoms with Crippen LogP contribution in [0, 0.1) is 13.8 Å². The lowest BCUT2D eigenvalue weighted by atomic mass is 10.1. The molecule has 0 bridgehead atoms. The molecule has 0 unspecified atom stereocenters. The molecule has 9 nitrogen and oxygen atoms in total. The van der Waals surface area contributed by atoms with Crippen molar-refractivity contribution in [3.05, 3.63) is 70.8 Å². The number of rotatable bonds is 7. The second-order valence-corrected chi connectivity index (χ2v) is 9.00. The van der Waals surface area contributed by atoms with Crippen molar-refractivity contribution >= 4 is 27.6 Å². The number of esters is 1. The predicted molar refractivity (Wildman–Crippen MR) is 117 cm³/mol. The van der Waals surface area contributed by atoms with Crippen LogP contribution in [0.5, 0.6) is 0 Å². The van der Waals surface area contributed by atoms with E-state index in [9.17, 15) is 22.8 Å². The van der Waals surface area contributed by atoms with E-state index in [0.717, 1.165) is 5.69 Å². The van der Waals surface area contributed by atoms with E-state index in [2.05, 4.69) is 0 Å². The second-order valence-electron chi connectivity index (χ2n) is 7.44. The number of aryl methyl sites for hydroxylation is 2. The molecule has 2 aromatic heterocycles. The molecule has 0 saturated carbocycles. The molecule has 0 aliphatic rings. The minimum absolute atomic E-state index is 0.0134. The zero-order valence-electron chi connectivity index (χ0n) is 18.1. The molecular weight excluding hydrogens is 434 g/mol. The highest BCUT2D eigenvalue weighted by Gasteiger charge is 2.21. The minimum atomic E-state index is -3.81. The van der Waals surface area contributed by atoms with Crippen molar-refractivity contribution in [3.63, 3.8) is 0 Å². The van der Waals surface area contributed by atoms with Crippen molar-refractivity contribution in [3.8, 4) is 5.69 Å². The first-order valence-electron chi connectivity index (χ1n) is 9.60. The number of sulfonamides is 1. The van der Waals surface area contributed by atoms with Crippen molar-refractivity contribution in [2.24, 2.45) is 12.2 Å². The summed E-state index contributed by atoms with van der Waals surface area (Å²) in [6.07, 6.45) is 1.52. The number of carbonyl (C=O) groups is 3. The Hall–Kier alpha value is -3.50. The van der Waals surface area contributed by atoms with Crippen LogP contribution in [-0.2, 0) is 21.8 Å². The average Bonchev–Trinajstić information content (AvgIpc) is 3.25. The third-order valence-electron chi connectivity index (χ3n) is 5.11. The molecule has 0 fully saturated rings. The van der Waals surface area contributed by atoms with Crippen molar-refractivity contribution in [1.82, 2.24) is 9.13 Å². The van der Waals surface area contributed by atoms with E-state index in [1.807, 2.05) is 0 Å². The van der Waals surface area contributed by atoms with E-state index in [4.69, 9.17) is 9.88 Å². The highest BCUT2D eigenvalue weighted by atomic mass is 32.2. The lowest BCUT2D eigenvalue weighted by molar-refractivity contribution is 0.0465. The van der Waals surface area contributed by atoms with Crippen LogP contribution in [0.15, 0.2) is 47.5 Å². The van der Waals surface area contributed by atoms with Crippen LogP contribution >= 0.6 is 0 Å². The highest BCUT2D eigenvalue weighted by Crippen LogP contribution is 2.22. The number of Topliss-reactive ketones (excluding diaryl/α,β-unsaturated/α-hetero) is 2. The van der Waals surface area contributed by atoms with Crippen molar-refractivity contribution in [1.29, 1.82) is 0 Å². The van der Waals surface area contributed by atoms with Crippen LogP contribution in [0.2, 0.25) is 0 Å². The maximum atomic E-state index is 12.7. The maximum absolute atomic E-state index is 12.7. The Labute approximate surface area is 185 Å². The summed E-state index contributed by atoms with van der Waals surface area (Å²) in [5.74, 6) is -1.28. The first kappa shape index (κ1) is 23.2. The molecule has 0 aliphatic heterocycles. The average molecular weight is 458 g/mol. The van der Waals surface area contributed by atoms with Gasteiger partial charge >= 0.3 is 5.97 Å². The summed E-state index contributed by atoms with van der Waals surface area (Å²) >= 11 is 0. The van der Waals surface area contributed by atoms with Crippen LogP contribution < -0.4 is 5.14 Å². The lowest BCUT2D eigenvalue weighted by Gasteiger charge is -2.11. The van der Waals surface area contributed by atoms with Gasteiger partial charge in [-0.05, 0) is 57.2 Å². The number of ketones is 2. The van der Waals surface area contributed by atoms with Gasteiger partial charge in [0.05, 0.1) is 4.90 Å². The van der Waals surface area contributed by atoms with Gasteiger partial charge in [-0.15, -0.1) is 0 Å². The van der Waals surface area contributed by atoms with Crippen LogP contribution in [0.4, 0.5) is 0 Å². The van der Waals surface area contributed by atoms with E-state index in [-0.39, 0.29) is 22.2 Å². The Morgan fingerprint density at radius 3 is 2.22 bits per heavy atom. The fourth-order valence-electron chi connectivity index (χ4n) is 3.47. The highest BCUT2D eigenvalue weighted by molar-refractivity contribution is 7.89. The number of aromatic nitrogens is 2. The van der Waals surface area contributed by atoms with Crippen LogP contribution in [0.1, 0.15) is 49.5 Å². The normalized spacial score (nSPS) is 11.4. The first-order valence-corrected chi connectivity index (χ1v) is 11.1. The predicted octanol–water partition coefficient (Wildman–Crippen LogP) is 2.32. The van der Waals surface area contributed by atoms with Gasteiger partial charge in [-0.3, -0.25) is 9.59 Å². The molecule has 0 amide bonds. The van der Waals surface area contributed by atoms with Crippen LogP contribution in [-0.4, -0.2) is 41.7 Å². The smallest absolute Gasteiger partial charge is 0.355 e. The Morgan fingerprint density at radius 2 is 1.69 bits per heavy atom. The zero-order valence-corrected chi connectivity index (χ0v) is 18.9. The Morgan fingerprint density at radius 1 is 1.06 bits per heavy atom. The summed E-state index contributed by atoms with van der Waals surface area (Å²) < 4.78 is 31.4. The van der Waals surface area contributed by atoms with Gasteiger partial charge in [0.1, 0.15) is 5.69 Å². The molecule has 0 radical (unpaired) electrons. The van der Waals surface area contributed by atoms with Gasteiger partial charge in [0.25, 0.3) is 0 Å². The third-order valence-corrected chi connectivity index (χ3v) is 6.04. The molecule has 32 heavy (non-hydrogen) atoms. The van der Waals surface area contributed by atoms with Gasteiger partial charge in [0.15, 0.2) is 12.4 Å². The summed E-state index contributed by atoms with van der Waals surface area (Å²) in [6.45, 7) is 4.48. The Bertz CT molecular complexity index is 1330. The van der Waals surface area contributed by atoms with Gasteiger partial charge in [-0.25, -0.2) is 18.4 Å². The zero-order chi connectivity index (χ0) is 23.8. The van der Waals surface area contributed by atoms with E-state index >= 15 is 0 Å². The summed E-state index contributed by atoms with van der Waals surface area (Å²) in [6, 6.07) is 9.07. The summed E-state index contributed by atoms with van der Waals surface area (Å²) in [7, 11) is -2.20. The van der Waals surface area contributed by atoms with Gasteiger partial charge in [-0.1, -0.05) is 0 Å². The first-order chi connectivity index (χ1) is 14.9. The molecule has 2 heterocycles. The van der Waals surface area contributed by atoms with Gasteiger partial charge in [0.2, 0.25) is 15.8 Å². The van der Waals surface area contributed by atoms with Crippen molar-refractivity contribution in [2.75, 3.05) is 6.61 Å². The molecular formula is C22H23N3O6S. The lowest BCUT2D eigenvalue weighted by Crippen LogP contribution is -2.16. The molecule has 1 aromatic carbocycles. The van der Waals surface area contributed by atoms with E-state index in [0.29, 0.717) is 22.5 Å². The largest absolute Gasteiger partial charge is 0.453 e. The molecule has 168 valence electrons. The van der Waals surface area contributed by atoms with Gasteiger partial charge < -0.3 is 13.9 Å². The number of carbonyl (C=O) groups excluding carboxylic acids is 3. The quantitative estimate of drug-likeness (QED) is 0.428. The molecule has 0 spiro atoms. The monoisotopic (exact) mass is 457 g/mol. The Balaban J connectivity index is 1.79. The van der Waals surface area contributed by atoms with E-state index < -0.39 is 22.6 Å². The number of nitrogens with two attached hydrogens (primary N) is 1. The maximum Gasteiger partial charge on any atom is 0.355 e. The minimum Gasteiger partial charge on any atom is -0.453 e. The fraction of sp³-hybridized carbons (Fsp3) is 0.227. The molecule has 3 rings (SSSR count). The Kier molecular flexibility index (Phi) is 6.20. The van der Waals surface area contributed by atoms with E-state index in [1.54, 1.807) is 43.7 Å². The molecule has 0 saturated heterocycles. The molecule has 10 heteroatoms. The topological polar surface area (TPSA) is 130 Å². The number of nitrogens with zero attached hydrogens (tertiary/aromatic N) is 2. The molecule has 2 N–H and O–H groups in total. The summed E-state index contributed by atoms with van der Waals surface area (Å²) in [5, 5.41) is 5.14. The number of hydrogen-bond donors (Lipinski definition) is 1. The third kappa shape index (κ3) is 4.56. The van der Waals surface area contributed by atoms with Gasteiger partial charge in [-0.2, -0.15) is 0 Å². The van der Waals surface area contributed by atoms with Gasteiger partial charge in [0, 0.05) is 41.4 Å². The standard InChI is InChI=1S/C22H23N3O6S/c1-13-9-19(14(2)25(13)17-5-7-18(8-6-17)32(23,29)30)21(27)12-31-22(28)20-10-16(15(3)26)11-24(20)4/h5-11H,12H2,1-4H3,(H2,23,29,30). The molecule has 3 aromatic rings. The van der Waals surface area contributed by atoms with Crippen molar-refractivity contribution < 1.29 is 27.5 Å². The van der Waals surface area contributed by atoms with Crippen LogP contribution in [0.3, 0.4) is 0 Å². The summed E-state index contributed by atoms with van der Waals surface area (Å²) in [5.41, 5.74) is 2.94. The number of primary sulfonamides is 1. The number of ether oxygens (including phenoxy) is 1. The SMILES string of the molecule is CC(=O)c1cc(C(=O)OCC(=O)c2cc(C)n(-c3ccc(S(N)(=O)=O)cc3)c2C)n(C)c1. The van der Waals surface area contributed by atoms with E-state index in [1.165, 1.54) is 35.9 Å². The number of benzene rings is 1. The second kappa shape index (κ2) is 8.56. The molecule has 0 aliphatic carbocycles. The summed E-state index contributed by atoms with van der Waals surface area (Å²) in [4.78, 5) is 36.6. The van der Waals surface area contributed by atoms with Crippen molar-refractivity contribution in [2.45, 2.75) is 25.7 Å². The van der Waals surface area contributed by atoms with Crippen LogP contribution in [0.25, 0.3) is 5.69 Å².